The molecule has 0 aromatic rings. The van der Waals surface area contributed by atoms with Crippen LogP contribution in [-0.2, 0) is 9.59 Å². The number of unbranched alkanes of at least 4 members (excludes halogenated alkanes) is 3. The summed E-state index contributed by atoms with van der Waals surface area (Å²) in [5.41, 5.74) is 5.76. The molecule has 0 radical (unpaired) electrons. The summed E-state index contributed by atoms with van der Waals surface area (Å²) in [5.74, 6) is 2.47. The highest BCUT2D eigenvalue weighted by Gasteiger charge is 2.60. The second-order valence-corrected chi connectivity index (χ2v) is 10.9. The van der Waals surface area contributed by atoms with Crippen molar-refractivity contribution in [2.75, 3.05) is 13.1 Å². The molecule has 5 nitrogen and oxygen atoms in total. The standard InChI is InChI=1S/C25H41N3O2/c1-24-13-11-19-17(7-10-21-25(19,2)14-12-22(29)28-21)18(24)8-9-20(24)23(30)27-16-6-4-3-5-15-26/h12,14,17-21H,3-11,13,15-16,26H2,1-2H3,(H,27,30)(H,28,29)/t17-,18-,19-,20+,21+,24-,25+/m0/s1. The Hall–Kier alpha value is -1.36. The SMILES string of the molecule is C[C@]12C=CC(=O)N[C@@H]1CC[C@@H]1[C@@H]2CC[C@]2(C)[C@@H](C(=O)NCCCCCCN)CC[C@@H]12. The molecular formula is C25H41N3O2. The highest BCUT2D eigenvalue weighted by atomic mass is 16.2. The molecule has 0 bridgehead atoms. The predicted octanol–water partition coefficient (Wildman–Crippen LogP) is 3.54. The van der Waals surface area contributed by atoms with Crippen molar-refractivity contribution in [2.45, 2.75) is 84.1 Å². The fourth-order valence-electron chi connectivity index (χ4n) is 7.72. The van der Waals surface area contributed by atoms with Crippen molar-refractivity contribution < 1.29 is 9.59 Å². The molecule has 5 heteroatoms. The molecular weight excluding hydrogens is 374 g/mol. The number of nitrogens with two attached hydrogens (primary N) is 1. The fraction of sp³-hybridized carbons (Fsp3) is 0.840. The van der Waals surface area contributed by atoms with E-state index in [1.165, 1.54) is 19.3 Å². The minimum atomic E-state index is 0.0669. The van der Waals surface area contributed by atoms with Crippen molar-refractivity contribution >= 4 is 11.8 Å². The van der Waals surface area contributed by atoms with Gasteiger partial charge in [0.2, 0.25) is 11.8 Å². The molecule has 4 aliphatic rings. The molecule has 2 amide bonds. The summed E-state index contributed by atoms with van der Waals surface area (Å²) in [5, 5.41) is 6.49. The molecule has 4 N–H and O–H groups in total. The van der Waals surface area contributed by atoms with Crippen LogP contribution in [0.15, 0.2) is 12.2 Å². The molecule has 7 atom stereocenters. The van der Waals surface area contributed by atoms with Crippen molar-refractivity contribution in [3.8, 4) is 0 Å². The topological polar surface area (TPSA) is 84.2 Å². The van der Waals surface area contributed by atoms with Crippen LogP contribution < -0.4 is 16.4 Å². The van der Waals surface area contributed by atoms with Crippen molar-refractivity contribution in [3.63, 3.8) is 0 Å². The Labute approximate surface area is 182 Å². The molecule has 0 saturated heterocycles. The third-order valence-corrected chi connectivity index (χ3v) is 9.43. The summed E-state index contributed by atoms with van der Waals surface area (Å²) in [4.78, 5) is 25.0. The minimum absolute atomic E-state index is 0.0669. The number of rotatable bonds is 7. The lowest BCUT2D eigenvalue weighted by atomic mass is 9.48. The first-order chi connectivity index (χ1) is 14.4. The van der Waals surface area contributed by atoms with Gasteiger partial charge in [0, 0.05) is 23.9 Å². The Bertz CT molecular complexity index is 692. The third kappa shape index (κ3) is 3.72. The van der Waals surface area contributed by atoms with E-state index in [2.05, 4.69) is 30.6 Å². The van der Waals surface area contributed by atoms with Crippen LogP contribution in [-0.4, -0.2) is 30.9 Å². The maximum atomic E-state index is 13.1. The molecule has 0 spiro atoms. The van der Waals surface area contributed by atoms with E-state index in [0.717, 1.165) is 58.0 Å². The zero-order chi connectivity index (χ0) is 21.4. The molecule has 168 valence electrons. The van der Waals surface area contributed by atoms with E-state index in [4.69, 9.17) is 5.73 Å². The highest BCUT2D eigenvalue weighted by molar-refractivity contribution is 5.89. The van der Waals surface area contributed by atoms with E-state index in [0.29, 0.717) is 23.7 Å². The number of hydrogen-bond acceptors (Lipinski definition) is 3. The molecule has 3 saturated carbocycles. The highest BCUT2D eigenvalue weighted by Crippen LogP contribution is 2.64. The van der Waals surface area contributed by atoms with Gasteiger partial charge in [-0.3, -0.25) is 9.59 Å². The number of amides is 2. The zero-order valence-corrected chi connectivity index (χ0v) is 18.9. The van der Waals surface area contributed by atoms with Gasteiger partial charge in [-0.05, 0) is 87.2 Å². The summed E-state index contributed by atoms with van der Waals surface area (Å²) in [7, 11) is 0. The number of nitrogens with one attached hydrogen (secondary N) is 2. The average molecular weight is 416 g/mol. The Morgan fingerprint density at radius 1 is 1.10 bits per heavy atom. The first-order valence-corrected chi connectivity index (χ1v) is 12.4. The van der Waals surface area contributed by atoms with E-state index < -0.39 is 0 Å². The maximum Gasteiger partial charge on any atom is 0.243 e. The number of carbonyl (C=O) groups excluding carboxylic acids is 2. The Kier molecular flexibility index (Phi) is 6.30. The Morgan fingerprint density at radius 2 is 1.90 bits per heavy atom. The molecule has 0 aromatic heterocycles. The van der Waals surface area contributed by atoms with E-state index in [1.54, 1.807) is 6.08 Å². The monoisotopic (exact) mass is 415 g/mol. The van der Waals surface area contributed by atoms with Crippen LogP contribution in [0.4, 0.5) is 0 Å². The lowest BCUT2D eigenvalue weighted by Crippen LogP contribution is -2.59. The Morgan fingerprint density at radius 3 is 2.70 bits per heavy atom. The van der Waals surface area contributed by atoms with Gasteiger partial charge in [-0.15, -0.1) is 0 Å². The second kappa shape index (κ2) is 8.64. The van der Waals surface area contributed by atoms with Crippen molar-refractivity contribution in [1.29, 1.82) is 0 Å². The third-order valence-electron chi connectivity index (χ3n) is 9.43. The first kappa shape index (κ1) is 21.9. The summed E-state index contributed by atoms with van der Waals surface area (Å²) in [6.45, 7) is 6.32. The minimum Gasteiger partial charge on any atom is -0.356 e. The largest absolute Gasteiger partial charge is 0.356 e. The quantitative estimate of drug-likeness (QED) is 0.556. The van der Waals surface area contributed by atoms with Gasteiger partial charge >= 0.3 is 0 Å². The lowest BCUT2D eigenvalue weighted by Gasteiger charge is -2.58. The number of fused-ring (bicyclic) bond motifs is 5. The van der Waals surface area contributed by atoms with Crippen molar-refractivity contribution in [2.24, 2.45) is 40.2 Å². The molecule has 0 unspecified atom stereocenters. The van der Waals surface area contributed by atoms with Crippen LogP contribution in [0.25, 0.3) is 0 Å². The van der Waals surface area contributed by atoms with Gasteiger partial charge < -0.3 is 16.4 Å². The van der Waals surface area contributed by atoms with Gasteiger partial charge in [0.25, 0.3) is 0 Å². The zero-order valence-electron chi connectivity index (χ0n) is 18.9. The van der Waals surface area contributed by atoms with E-state index in [-0.39, 0.29) is 28.7 Å². The van der Waals surface area contributed by atoms with Crippen molar-refractivity contribution in [1.82, 2.24) is 10.6 Å². The van der Waals surface area contributed by atoms with E-state index in [1.807, 2.05) is 0 Å². The van der Waals surface area contributed by atoms with Gasteiger partial charge in [0.05, 0.1) is 0 Å². The van der Waals surface area contributed by atoms with Crippen molar-refractivity contribution in [3.05, 3.63) is 12.2 Å². The molecule has 30 heavy (non-hydrogen) atoms. The fourth-order valence-corrected chi connectivity index (χ4v) is 7.72. The maximum absolute atomic E-state index is 13.1. The van der Waals surface area contributed by atoms with Gasteiger partial charge in [0.1, 0.15) is 0 Å². The summed E-state index contributed by atoms with van der Waals surface area (Å²) < 4.78 is 0. The van der Waals surface area contributed by atoms with Gasteiger partial charge in [-0.25, -0.2) is 0 Å². The van der Waals surface area contributed by atoms with E-state index >= 15 is 0 Å². The van der Waals surface area contributed by atoms with Crippen LogP contribution in [0, 0.1) is 34.5 Å². The van der Waals surface area contributed by atoms with Crippen LogP contribution in [0.1, 0.15) is 78.1 Å². The number of hydrogen-bond donors (Lipinski definition) is 3. The molecule has 1 heterocycles. The number of carbonyl (C=O) groups is 2. The Balaban J connectivity index is 1.40. The smallest absolute Gasteiger partial charge is 0.243 e. The van der Waals surface area contributed by atoms with Crippen LogP contribution >= 0.6 is 0 Å². The van der Waals surface area contributed by atoms with E-state index in [9.17, 15) is 9.59 Å². The summed E-state index contributed by atoms with van der Waals surface area (Å²) in [6, 6.07) is 0.278. The average Bonchev–Trinajstić information content (AvgIpc) is 3.08. The molecule has 4 rings (SSSR count). The van der Waals surface area contributed by atoms with Crippen LogP contribution in [0.3, 0.4) is 0 Å². The van der Waals surface area contributed by atoms with Crippen LogP contribution in [0.5, 0.6) is 0 Å². The summed E-state index contributed by atoms with van der Waals surface area (Å²) in [6.07, 6.45) is 15.2. The van der Waals surface area contributed by atoms with Gasteiger partial charge in [-0.2, -0.15) is 0 Å². The first-order valence-electron chi connectivity index (χ1n) is 12.4. The van der Waals surface area contributed by atoms with Gasteiger partial charge in [0.15, 0.2) is 0 Å². The molecule has 3 aliphatic carbocycles. The molecule has 1 aliphatic heterocycles. The van der Waals surface area contributed by atoms with Gasteiger partial charge in [-0.1, -0.05) is 32.8 Å². The molecule has 0 aromatic carbocycles. The molecule has 3 fully saturated rings. The normalized spacial score (nSPS) is 42.1. The summed E-state index contributed by atoms with van der Waals surface area (Å²) >= 11 is 0. The second-order valence-electron chi connectivity index (χ2n) is 10.9. The predicted molar refractivity (Wildman–Crippen MR) is 119 cm³/mol. The lowest BCUT2D eigenvalue weighted by molar-refractivity contribution is -0.134. The van der Waals surface area contributed by atoms with Crippen LogP contribution in [0.2, 0.25) is 0 Å².